The summed E-state index contributed by atoms with van der Waals surface area (Å²) in [6, 6.07) is 11.7. The lowest BCUT2D eigenvalue weighted by Gasteiger charge is -2.31. The van der Waals surface area contributed by atoms with Crippen molar-refractivity contribution in [3.8, 4) is 0 Å². The minimum atomic E-state index is -3.85. The fourth-order valence-corrected chi connectivity index (χ4v) is 4.95. The van der Waals surface area contributed by atoms with Gasteiger partial charge in [-0.2, -0.15) is 0 Å². The molecule has 0 aromatic heterocycles. The highest BCUT2D eigenvalue weighted by molar-refractivity contribution is 7.92. The molecule has 1 aliphatic heterocycles. The number of piperidine rings is 1. The topological polar surface area (TPSA) is 92.8 Å². The highest BCUT2D eigenvalue weighted by Crippen LogP contribution is 2.24. The van der Waals surface area contributed by atoms with E-state index in [2.05, 4.69) is 4.72 Å². The van der Waals surface area contributed by atoms with Gasteiger partial charge in [-0.1, -0.05) is 23.8 Å². The standard InChI is InChI=1S/C23H28N2O5S/c1-4-30-23(27)18-11-13-25(14-12-18)22(26)19-8-7-17(3)21(15-19)31(28,29)24-20-9-5-16(2)6-10-20/h5-10,15,18,24H,4,11-14H2,1-3H3. The average molecular weight is 445 g/mol. The number of anilines is 1. The zero-order valence-corrected chi connectivity index (χ0v) is 18.9. The van der Waals surface area contributed by atoms with Gasteiger partial charge >= 0.3 is 5.97 Å². The number of ether oxygens (including phenoxy) is 1. The molecular weight excluding hydrogens is 416 g/mol. The van der Waals surface area contributed by atoms with Crippen molar-refractivity contribution in [1.29, 1.82) is 0 Å². The molecule has 2 aromatic carbocycles. The first-order valence-corrected chi connectivity index (χ1v) is 11.9. The lowest BCUT2D eigenvalue weighted by molar-refractivity contribution is -0.149. The van der Waals surface area contributed by atoms with Crippen molar-refractivity contribution in [1.82, 2.24) is 4.90 Å². The van der Waals surface area contributed by atoms with E-state index in [0.717, 1.165) is 5.56 Å². The fourth-order valence-electron chi connectivity index (χ4n) is 3.62. The molecule has 8 heteroatoms. The molecule has 31 heavy (non-hydrogen) atoms. The second kappa shape index (κ2) is 9.51. The van der Waals surface area contributed by atoms with Gasteiger partial charge in [0.25, 0.3) is 15.9 Å². The van der Waals surface area contributed by atoms with Gasteiger partial charge in [0, 0.05) is 24.3 Å². The molecule has 1 N–H and O–H groups in total. The highest BCUT2D eigenvalue weighted by atomic mass is 32.2. The number of nitrogens with one attached hydrogen (secondary N) is 1. The number of nitrogens with zero attached hydrogens (tertiary/aromatic N) is 1. The molecule has 7 nitrogen and oxygen atoms in total. The molecular formula is C23H28N2O5S. The zero-order chi connectivity index (χ0) is 22.6. The van der Waals surface area contributed by atoms with Crippen LogP contribution in [-0.4, -0.2) is 44.9 Å². The van der Waals surface area contributed by atoms with Gasteiger partial charge in [0.1, 0.15) is 0 Å². The van der Waals surface area contributed by atoms with Crippen molar-refractivity contribution in [3.05, 3.63) is 59.2 Å². The van der Waals surface area contributed by atoms with Crippen LogP contribution in [0.5, 0.6) is 0 Å². The van der Waals surface area contributed by atoms with Crippen LogP contribution in [0, 0.1) is 19.8 Å². The Morgan fingerprint density at radius 3 is 2.32 bits per heavy atom. The summed E-state index contributed by atoms with van der Waals surface area (Å²) in [5, 5.41) is 0. The van der Waals surface area contributed by atoms with Crippen LogP contribution in [0.15, 0.2) is 47.4 Å². The first kappa shape index (κ1) is 22.8. The highest BCUT2D eigenvalue weighted by Gasteiger charge is 2.29. The van der Waals surface area contributed by atoms with Crippen LogP contribution in [0.1, 0.15) is 41.3 Å². The molecule has 1 saturated heterocycles. The number of amides is 1. The van der Waals surface area contributed by atoms with Crippen LogP contribution in [-0.2, 0) is 19.6 Å². The number of carbonyl (C=O) groups excluding carboxylic acids is 2. The van der Waals surface area contributed by atoms with E-state index in [0.29, 0.717) is 49.4 Å². The van der Waals surface area contributed by atoms with Gasteiger partial charge < -0.3 is 9.64 Å². The predicted molar refractivity (Wildman–Crippen MR) is 118 cm³/mol. The Kier molecular flexibility index (Phi) is 7.00. The molecule has 1 heterocycles. The Hall–Kier alpha value is -2.87. The van der Waals surface area contributed by atoms with Gasteiger partial charge in [-0.15, -0.1) is 0 Å². The van der Waals surface area contributed by atoms with Gasteiger partial charge in [-0.3, -0.25) is 14.3 Å². The van der Waals surface area contributed by atoms with E-state index in [9.17, 15) is 18.0 Å². The number of esters is 1. The van der Waals surface area contributed by atoms with E-state index in [-0.39, 0.29) is 22.7 Å². The number of aryl methyl sites for hydroxylation is 2. The Bertz CT molecular complexity index is 1060. The quantitative estimate of drug-likeness (QED) is 0.688. The lowest BCUT2D eigenvalue weighted by atomic mass is 9.96. The third kappa shape index (κ3) is 5.44. The van der Waals surface area contributed by atoms with E-state index < -0.39 is 10.0 Å². The van der Waals surface area contributed by atoms with Gasteiger partial charge in [-0.05, 0) is 63.4 Å². The summed E-state index contributed by atoms with van der Waals surface area (Å²) in [6.45, 7) is 6.60. The normalized spacial score (nSPS) is 14.9. The second-order valence-corrected chi connectivity index (χ2v) is 9.42. The summed E-state index contributed by atoms with van der Waals surface area (Å²) in [6.07, 6.45) is 1.08. The van der Waals surface area contributed by atoms with Crippen LogP contribution in [0.25, 0.3) is 0 Å². The van der Waals surface area contributed by atoms with Gasteiger partial charge in [0.05, 0.1) is 17.4 Å². The third-order valence-corrected chi connectivity index (χ3v) is 6.95. The minimum absolute atomic E-state index is 0.0698. The molecule has 166 valence electrons. The van der Waals surface area contributed by atoms with Crippen molar-refractivity contribution in [2.45, 2.75) is 38.5 Å². The van der Waals surface area contributed by atoms with Crippen LogP contribution >= 0.6 is 0 Å². The summed E-state index contributed by atoms with van der Waals surface area (Å²) in [4.78, 5) is 26.6. The number of benzene rings is 2. The summed E-state index contributed by atoms with van der Waals surface area (Å²) in [5.74, 6) is -0.661. The molecule has 0 unspecified atom stereocenters. The van der Waals surface area contributed by atoms with E-state index in [1.54, 1.807) is 43.0 Å². The Morgan fingerprint density at radius 1 is 1.06 bits per heavy atom. The van der Waals surface area contributed by atoms with Crippen LogP contribution in [0.3, 0.4) is 0 Å². The first-order chi connectivity index (χ1) is 14.7. The summed E-state index contributed by atoms with van der Waals surface area (Å²) < 4.78 is 33.5. The molecule has 1 fully saturated rings. The van der Waals surface area contributed by atoms with Crippen molar-refractivity contribution in [3.63, 3.8) is 0 Å². The first-order valence-electron chi connectivity index (χ1n) is 10.4. The van der Waals surface area contributed by atoms with Gasteiger partial charge in [0.2, 0.25) is 0 Å². The van der Waals surface area contributed by atoms with Crippen molar-refractivity contribution < 1.29 is 22.7 Å². The van der Waals surface area contributed by atoms with E-state index >= 15 is 0 Å². The minimum Gasteiger partial charge on any atom is -0.466 e. The zero-order valence-electron chi connectivity index (χ0n) is 18.1. The molecule has 1 amide bonds. The number of likely N-dealkylation sites (tertiary alicyclic amines) is 1. The van der Waals surface area contributed by atoms with Crippen LogP contribution in [0.4, 0.5) is 5.69 Å². The van der Waals surface area contributed by atoms with E-state index in [1.807, 2.05) is 19.1 Å². The number of rotatable bonds is 6. The smallest absolute Gasteiger partial charge is 0.309 e. The summed E-state index contributed by atoms with van der Waals surface area (Å²) in [7, 11) is -3.85. The SMILES string of the molecule is CCOC(=O)C1CCN(C(=O)c2ccc(C)c(S(=O)(=O)Nc3ccc(C)cc3)c2)CC1. The van der Waals surface area contributed by atoms with Crippen LogP contribution in [0.2, 0.25) is 0 Å². The lowest BCUT2D eigenvalue weighted by Crippen LogP contribution is -2.40. The van der Waals surface area contributed by atoms with Crippen LogP contribution < -0.4 is 4.72 Å². The Morgan fingerprint density at radius 2 is 1.71 bits per heavy atom. The number of carbonyl (C=O) groups is 2. The Labute approximate surface area is 183 Å². The molecule has 0 saturated carbocycles. The third-order valence-electron chi connectivity index (χ3n) is 5.43. The number of hydrogen-bond donors (Lipinski definition) is 1. The molecule has 0 radical (unpaired) electrons. The molecule has 3 rings (SSSR count). The average Bonchev–Trinajstić information content (AvgIpc) is 2.75. The maximum atomic E-state index is 13.0. The molecule has 2 aromatic rings. The van der Waals surface area contributed by atoms with Gasteiger partial charge in [0.15, 0.2) is 0 Å². The van der Waals surface area contributed by atoms with Crippen molar-refractivity contribution in [2.24, 2.45) is 5.92 Å². The number of sulfonamides is 1. The van der Waals surface area contributed by atoms with Gasteiger partial charge in [-0.25, -0.2) is 8.42 Å². The molecule has 1 aliphatic rings. The number of hydrogen-bond acceptors (Lipinski definition) is 5. The molecule has 0 bridgehead atoms. The van der Waals surface area contributed by atoms with Crippen molar-refractivity contribution >= 4 is 27.6 Å². The monoisotopic (exact) mass is 444 g/mol. The molecule has 0 atom stereocenters. The fraction of sp³-hybridized carbons (Fsp3) is 0.391. The molecule has 0 aliphatic carbocycles. The summed E-state index contributed by atoms with van der Waals surface area (Å²) >= 11 is 0. The Balaban J connectivity index is 1.75. The van der Waals surface area contributed by atoms with E-state index in [1.165, 1.54) is 6.07 Å². The van der Waals surface area contributed by atoms with Crippen molar-refractivity contribution in [2.75, 3.05) is 24.4 Å². The predicted octanol–water partition coefficient (Wildman–Crippen LogP) is 3.52. The maximum Gasteiger partial charge on any atom is 0.309 e. The largest absolute Gasteiger partial charge is 0.466 e. The maximum absolute atomic E-state index is 13.0. The second-order valence-electron chi connectivity index (χ2n) is 7.77. The summed E-state index contributed by atoms with van der Waals surface area (Å²) in [5.41, 5.74) is 2.35. The molecule has 0 spiro atoms. The van der Waals surface area contributed by atoms with E-state index in [4.69, 9.17) is 4.74 Å².